The molecule has 3 aromatic rings. The number of nitrogens with one attached hydrogen (secondary N) is 2. The summed E-state index contributed by atoms with van der Waals surface area (Å²) in [5.41, 5.74) is 1.65. The minimum atomic E-state index is -3.83. The van der Waals surface area contributed by atoms with Gasteiger partial charge in [0.2, 0.25) is 10.0 Å². The van der Waals surface area contributed by atoms with Crippen LogP contribution in [0.25, 0.3) is 5.65 Å². The van der Waals surface area contributed by atoms with Crippen LogP contribution in [0.1, 0.15) is 5.69 Å². The van der Waals surface area contributed by atoms with E-state index in [0.717, 1.165) is 17.4 Å². The highest BCUT2D eigenvalue weighted by atomic mass is 32.2. The van der Waals surface area contributed by atoms with Gasteiger partial charge in [-0.1, -0.05) is 6.07 Å². The van der Waals surface area contributed by atoms with E-state index in [0.29, 0.717) is 19.5 Å². The summed E-state index contributed by atoms with van der Waals surface area (Å²) in [7, 11) is -0.178. The summed E-state index contributed by atoms with van der Waals surface area (Å²) in [6.45, 7) is 1.14. The van der Waals surface area contributed by atoms with Crippen LogP contribution in [0.4, 0.5) is 11.4 Å². The maximum Gasteiger partial charge on any atom is 0.293 e. The topological polar surface area (TPSA) is 122 Å². The third-order valence-corrected chi connectivity index (χ3v) is 5.90. The number of nitro benzene ring substituents is 1. The first kappa shape index (κ1) is 21.7. The molecule has 2 aromatic heterocycles. The van der Waals surface area contributed by atoms with E-state index in [1.807, 2.05) is 54.0 Å². The van der Waals surface area contributed by atoms with Crippen molar-refractivity contribution < 1.29 is 13.3 Å². The molecule has 11 heteroatoms. The van der Waals surface area contributed by atoms with Crippen LogP contribution < -0.4 is 10.0 Å². The first-order chi connectivity index (χ1) is 14.3. The highest BCUT2D eigenvalue weighted by Crippen LogP contribution is 2.27. The number of hydrogen-bond donors (Lipinski definition) is 2. The molecule has 0 aliphatic rings. The van der Waals surface area contributed by atoms with Gasteiger partial charge in [-0.25, -0.2) is 18.1 Å². The molecule has 3 rings (SSSR count). The lowest BCUT2D eigenvalue weighted by Crippen LogP contribution is -2.31. The Balaban J connectivity index is 1.69. The number of nitrogens with zero attached hydrogens (tertiary/aromatic N) is 4. The lowest BCUT2D eigenvalue weighted by molar-refractivity contribution is -0.384. The minimum Gasteiger partial charge on any atom is -0.379 e. The summed E-state index contributed by atoms with van der Waals surface area (Å²) in [6, 6.07) is 9.56. The van der Waals surface area contributed by atoms with Gasteiger partial charge in [-0.3, -0.25) is 10.1 Å². The smallest absolute Gasteiger partial charge is 0.293 e. The summed E-state index contributed by atoms with van der Waals surface area (Å²) < 4.78 is 29.2. The summed E-state index contributed by atoms with van der Waals surface area (Å²) in [6.07, 6.45) is 4.36. The highest BCUT2D eigenvalue weighted by Gasteiger charge is 2.21. The zero-order chi connectivity index (χ0) is 21.7. The molecule has 30 heavy (non-hydrogen) atoms. The van der Waals surface area contributed by atoms with Gasteiger partial charge in [-0.2, -0.15) is 0 Å². The largest absolute Gasteiger partial charge is 0.379 e. The second kappa shape index (κ2) is 9.20. The molecule has 2 heterocycles. The van der Waals surface area contributed by atoms with E-state index < -0.39 is 14.9 Å². The quantitative estimate of drug-likeness (QED) is 0.370. The van der Waals surface area contributed by atoms with Gasteiger partial charge < -0.3 is 14.6 Å². The molecule has 1 aromatic carbocycles. The fourth-order valence-electron chi connectivity index (χ4n) is 2.90. The van der Waals surface area contributed by atoms with E-state index >= 15 is 0 Å². The minimum absolute atomic E-state index is 0.140. The van der Waals surface area contributed by atoms with E-state index in [4.69, 9.17) is 0 Å². The summed E-state index contributed by atoms with van der Waals surface area (Å²) in [5, 5.41) is 14.5. The van der Waals surface area contributed by atoms with Gasteiger partial charge >= 0.3 is 0 Å². The van der Waals surface area contributed by atoms with Crippen molar-refractivity contribution in [1.82, 2.24) is 19.0 Å². The van der Waals surface area contributed by atoms with Crippen molar-refractivity contribution in [2.45, 2.75) is 11.3 Å². The molecule has 0 saturated carbocycles. The number of hydrogen-bond acceptors (Lipinski definition) is 7. The Morgan fingerprint density at radius 3 is 2.70 bits per heavy atom. The molecule has 0 radical (unpaired) electrons. The van der Waals surface area contributed by atoms with Crippen molar-refractivity contribution in [2.24, 2.45) is 0 Å². The lowest BCUT2D eigenvalue weighted by atomic mass is 10.2. The molecule has 10 nitrogen and oxygen atoms in total. The molecule has 0 atom stereocenters. The number of benzene rings is 1. The van der Waals surface area contributed by atoms with Gasteiger partial charge in [0, 0.05) is 44.5 Å². The second-order valence-corrected chi connectivity index (χ2v) is 8.78. The molecule has 2 N–H and O–H groups in total. The van der Waals surface area contributed by atoms with E-state index in [1.165, 1.54) is 12.1 Å². The van der Waals surface area contributed by atoms with Crippen LogP contribution in [0.15, 0.2) is 53.7 Å². The Labute approximate surface area is 174 Å². The number of rotatable bonds is 10. The number of pyridine rings is 1. The predicted molar refractivity (Wildman–Crippen MR) is 114 cm³/mol. The van der Waals surface area contributed by atoms with E-state index in [2.05, 4.69) is 15.0 Å². The molecule has 0 fully saturated rings. The van der Waals surface area contributed by atoms with E-state index in [-0.39, 0.29) is 22.8 Å². The first-order valence-electron chi connectivity index (χ1n) is 9.35. The number of likely N-dealkylation sites (N-methyl/N-ethyl adjacent to an activating group) is 1. The molecule has 0 aliphatic heterocycles. The highest BCUT2D eigenvalue weighted by molar-refractivity contribution is 7.89. The van der Waals surface area contributed by atoms with E-state index in [1.54, 1.807) is 0 Å². The van der Waals surface area contributed by atoms with Gasteiger partial charge in [-0.05, 0) is 38.4 Å². The fraction of sp³-hybridized carbons (Fsp3) is 0.316. The Morgan fingerprint density at radius 1 is 1.20 bits per heavy atom. The van der Waals surface area contributed by atoms with Crippen LogP contribution in [0.3, 0.4) is 0 Å². The fourth-order valence-corrected chi connectivity index (χ4v) is 3.94. The standard InChI is InChI=1S/C19H24N6O4S/c1-23(2)12-10-21-30(28,29)16-6-7-17(18(13-16)25(26)27)20-9-8-15-14-24-11-4-3-5-19(24)22-15/h3-7,11,13-14,20-21H,8-10,12H2,1-2H3. The average molecular weight is 433 g/mol. The molecular weight excluding hydrogens is 408 g/mol. The molecule has 0 saturated heterocycles. The third kappa shape index (κ3) is 5.32. The number of imidazole rings is 1. The SMILES string of the molecule is CN(C)CCNS(=O)(=O)c1ccc(NCCc2cn3ccccc3n2)c([N+](=O)[O-])c1. The van der Waals surface area contributed by atoms with Crippen molar-refractivity contribution in [3.63, 3.8) is 0 Å². The molecular formula is C19H24N6O4S. The zero-order valence-corrected chi connectivity index (χ0v) is 17.6. The Bertz CT molecular complexity index is 1110. The number of nitro groups is 1. The number of anilines is 1. The van der Waals surface area contributed by atoms with Crippen LogP contribution in [0.2, 0.25) is 0 Å². The molecule has 160 valence electrons. The summed E-state index contributed by atoms with van der Waals surface area (Å²) in [5.74, 6) is 0. The van der Waals surface area contributed by atoms with Crippen molar-refractivity contribution >= 4 is 27.0 Å². The van der Waals surface area contributed by atoms with Gasteiger partial charge in [0.1, 0.15) is 11.3 Å². The third-order valence-electron chi connectivity index (χ3n) is 4.44. The Hall–Kier alpha value is -3.02. The van der Waals surface area contributed by atoms with Crippen molar-refractivity contribution in [3.05, 3.63) is 64.6 Å². The van der Waals surface area contributed by atoms with Crippen LogP contribution in [0, 0.1) is 10.1 Å². The van der Waals surface area contributed by atoms with Crippen molar-refractivity contribution in [2.75, 3.05) is 39.0 Å². The van der Waals surface area contributed by atoms with Gasteiger partial charge in [-0.15, -0.1) is 0 Å². The summed E-state index contributed by atoms with van der Waals surface area (Å²) >= 11 is 0. The van der Waals surface area contributed by atoms with Crippen LogP contribution >= 0.6 is 0 Å². The zero-order valence-electron chi connectivity index (χ0n) is 16.8. The second-order valence-electron chi connectivity index (χ2n) is 7.01. The Kier molecular flexibility index (Phi) is 6.65. The Morgan fingerprint density at radius 2 is 2.00 bits per heavy atom. The molecule has 0 spiro atoms. The molecule has 0 aliphatic carbocycles. The maximum atomic E-state index is 12.4. The van der Waals surface area contributed by atoms with Crippen LogP contribution in [-0.4, -0.2) is 61.4 Å². The van der Waals surface area contributed by atoms with Crippen LogP contribution in [0.5, 0.6) is 0 Å². The monoisotopic (exact) mass is 432 g/mol. The van der Waals surface area contributed by atoms with Crippen molar-refractivity contribution in [1.29, 1.82) is 0 Å². The summed E-state index contributed by atoms with van der Waals surface area (Å²) in [4.78, 5) is 17.1. The number of sulfonamides is 1. The maximum absolute atomic E-state index is 12.4. The van der Waals surface area contributed by atoms with Crippen LogP contribution in [-0.2, 0) is 16.4 Å². The van der Waals surface area contributed by atoms with Crippen molar-refractivity contribution in [3.8, 4) is 0 Å². The number of aromatic nitrogens is 2. The normalized spacial score (nSPS) is 11.8. The number of fused-ring (bicyclic) bond motifs is 1. The lowest BCUT2D eigenvalue weighted by Gasteiger charge is -2.12. The van der Waals surface area contributed by atoms with E-state index in [9.17, 15) is 18.5 Å². The predicted octanol–water partition coefficient (Wildman–Crippen LogP) is 1.74. The molecule has 0 bridgehead atoms. The van der Waals surface area contributed by atoms with Gasteiger partial charge in [0.05, 0.1) is 15.5 Å². The van der Waals surface area contributed by atoms with Gasteiger partial charge in [0.15, 0.2) is 0 Å². The average Bonchev–Trinajstić information content (AvgIpc) is 3.10. The molecule has 0 unspecified atom stereocenters. The van der Waals surface area contributed by atoms with Gasteiger partial charge in [0.25, 0.3) is 5.69 Å². The first-order valence-corrected chi connectivity index (χ1v) is 10.8. The molecule has 0 amide bonds.